The predicted molar refractivity (Wildman–Crippen MR) is 81.7 cm³/mol. The summed E-state index contributed by atoms with van der Waals surface area (Å²) in [6.07, 6.45) is 3.36. The number of nitrogens with one attached hydrogen (secondary N) is 1. The van der Waals surface area contributed by atoms with Crippen LogP contribution in [0.5, 0.6) is 5.75 Å². The Morgan fingerprint density at radius 1 is 1.00 bits per heavy atom. The van der Waals surface area contributed by atoms with E-state index in [4.69, 9.17) is 10.6 Å². The van der Waals surface area contributed by atoms with Gasteiger partial charge in [-0.3, -0.25) is 15.8 Å². The predicted octanol–water partition coefficient (Wildman–Crippen LogP) is 2.19. The number of ether oxygens (including phenoxy) is 1. The maximum Gasteiger partial charge on any atom is 0.124 e. The fourth-order valence-corrected chi connectivity index (χ4v) is 2.50. The van der Waals surface area contributed by atoms with Crippen LogP contribution in [0.25, 0.3) is 11.0 Å². The molecular weight excluding hydrogens is 264 g/mol. The first-order valence-electron chi connectivity index (χ1n) is 6.64. The average Bonchev–Trinajstić information content (AvgIpc) is 2.56. The van der Waals surface area contributed by atoms with Crippen LogP contribution in [0.4, 0.5) is 0 Å². The molecule has 2 aromatic carbocycles. The second kappa shape index (κ2) is 5.87. The van der Waals surface area contributed by atoms with Crippen LogP contribution >= 0.6 is 0 Å². The van der Waals surface area contributed by atoms with E-state index in [0.29, 0.717) is 0 Å². The summed E-state index contributed by atoms with van der Waals surface area (Å²) in [6.45, 7) is 0. The largest absolute Gasteiger partial charge is 0.496 e. The van der Waals surface area contributed by atoms with Crippen LogP contribution < -0.4 is 16.0 Å². The Morgan fingerprint density at radius 3 is 2.57 bits per heavy atom. The number of methoxy groups -OCH3 is 1. The van der Waals surface area contributed by atoms with Gasteiger partial charge in [-0.2, -0.15) is 0 Å². The van der Waals surface area contributed by atoms with Crippen LogP contribution in [0, 0.1) is 0 Å². The third-order valence-electron chi connectivity index (χ3n) is 3.46. The summed E-state index contributed by atoms with van der Waals surface area (Å²) in [6, 6.07) is 13.4. The molecule has 3 N–H and O–H groups in total. The quantitative estimate of drug-likeness (QED) is 0.566. The number of fused-ring (bicyclic) bond motifs is 1. The molecule has 5 heteroatoms. The smallest absolute Gasteiger partial charge is 0.124 e. The first kappa shape index (κ1) is 13.5. The second-order valence-electron chi connectivity index (χ2n) is 4.61. The van der Waals surface area contributed by atoms with Crippen LogP contribution in [0.3, 0.4) is 0 Å². The first-order valence-corrected chi connectivity index (χ1v) is 6.64. The molecule has 0 radical (unpaired) electrons. The number of nitrogens with zero attached hydrogens (tertiary/aromatic N) is 2. The van der Waals surface area contributed by atoms with Crippen molar-refractivity contribution in [2.24, 2.45) is 5.84 Å². The minimum atomic E-state index is -0.221. The molecule has 0 fully saturated rings. The minimum absolute atomic E-state index is 0.221. The molecule has 3 rings (SSSR count). The van der Waals surface area contributed by atoms with Crippen molar-refractivity contribution in [3.05, 3.63) is 66.0 Å². The van der Waals surface area contributed by atoms with Gasteiger partial charge in [0.1, 0.15) is 5.75 Å². The van der Waals surface area contributed by atoms with Crippen LogP contribution in [0.2, 0.25) is 0 Å². The molecule has 1 atom stereocenters. The third-order valence-corrected chi connectivity index (χ3v) is 3.46. The SMILES string of the molecule is COc1ccccc1C(NN)c1cccc2nccnc12. The van der Waals surface area contributed by atoms with Crippen LogP contribution in [0.15, 0.2) is 54.9 Å². The zero-order chi connectivity index (χ0) is 14.7. The fraction of sp³-hybridized carbons (Fsp3) is 0.125. The molecule has 3 aromatic rings. The lowest BCUT2D eigenvalue weighted by molar-refractivity contribution is 0.404. The zero-order valence-electron chi connectivity index (χ0n) is 11.7. The van der Waals surface area contributed by atoms with Crippen molar-refractivity contribution >= 4 is 11.0 Å². The normalized spacial score (nSPS) is 12.3. The third kappa shape index (κ3) is 2.44. The highest BCUT2D eigenvalue weighted by Crippen LogP contribution is 2.31. The van der Waals surface area contributed by atoms with Gasteiger partial charge in [-0.1, -0.05) is 30.3 Å². The first-order chi connectivity index (χ1) is 10.3. The zero-order valence-corrected chi connectivity index (χ0v) is 11.7. The lowest BCUT2D eigenvalue weighted by atomic mass is 9.97. The molecule has 0 saturated heterocycles. The van der Waals surface area contributed by atoms with E-state index in [1.807, 2.05) is 42.5 Å². The lowest BCUT2D eigenvalue weighted by Gasteiger charge is -2.20. The Morgan fingerprint density at radius 2 is 1.76 bits per heavy atom. The van der Waals surface area contributed by atoms with E-state index in [2.05, 4.69) is 15.4 Å². The van der Waals surface area contributed by atoms with E-state index < -0.39 is 0 Å². The molecule has 1 heterocycles. The molecule has 5 nitrogen and oxygen atoms in total. The summed E-state index contributed by atoms with van der Waals surface area (Å²) in [5.74, 6) is 6.58. The van der Waals surface area contributed by atoms with Gasteiger partial charge in [0.2, 0.25) is 0 Å². The number of hydrogen-bond acceptors (Lipinski definition) is 5. The Hall–Kier alpha value is -2.50. The molecule has 0 bridgehead atoms. The topological polar surface area (TPSA) is 73.1 Å². The van der Waals surface area contributed by atoms with Gasteiger partial charge in [0.15, 0.2) is 0 Å². The summed E-state index contributed by atoms with van der Waals surface area (Å²) in [7, 11) is 1.65. The number of hydrogen-bond donors (Lipinski definition) is 2. The summed E-state index contributed by atoms with van der Waals surface area (Å²) < 4.78 is 5.43. The van der Waals surface area contributed by atoms with Crippen LogP contribution in [-0.4, -0.2) is 17.1 Å². The standard InChI is InChI=1S/C16H16N4O/c1-21-14-8-3-2-5-11(14)15(20-17)12-6-4-7-13-16(12)19-10-9-18-13/h2-10,15,20H,17H2,1H3. The van der Waals surface area contributed by atoms with E-state index in [0.717, 1.165) is 27.9 Å². The molecule has 0 saturated carbocycles. The van der Waals surface area contributed by atoms with E-state index in [9.17, 15) is 0 Å². The van der Waals surface area contributed by atoms with Crippen LogP contribution in [-0.2, 0) is 0 Å². The monoisotopic (exact) mass is 280 g/mol. The minimum Gasteiger partial charge on any atom is -0.496 e. The average molecular weight is 280 g/mol. The maximum absolute atomic E-state index is 5.80. The number of para-hydroxylation sites is 2. The van der Waals surface area contributed by atoms with Crippen molar-refractivity contribution in [2.75, 3.05) is 7.11 Å². The van der Waals surface area contributed by atoms with Crippen molar-refractivity contribution in [2.45, 2.75) is 6.04 Å². The number of rotatable bonds is 4. The number of hydrazine groups is 1. The molecule has 106 valence electrons. The molecule has 0 spiro atoms. The molecule has 0 aliphatic heterocycles. The molecule has 1 unspecified atom stereocenters. The van der Waals surface area contributed by atoms with Crippen molar-refractivity contribution in [1.82, 2.24) is 15.4 Å². The van der Waals surface area contributed by atoms with Crippen molar-refractivity contribution in [3.63, 3.8) is 0 Å². The van der Waals surface area contributed by atoms with Gasteiger partial charge >= 0.3 is 0 Å². The van der Waals surface area contributed by atoms with Gasteiger partial charge in [0, 0.05) is 23.5 Å². The second-order valence-corrected chi connectivity index (χ2v) is 4.61. The van der Waals surface area contributed by atoms with E-state index in [1.54, 1.807) is 19.5 Å². The van der Waals surface area contributed by atoms with Gasteiger partial charge in [-0.15, -0.1) is 0 Å². The molecule has 0 aliphatic carbocycles. The van der Waals surface area contributed by atoms with Gasteiger partial charge in [0.25, 0.3) is 0 Å². The van der Waals surface area contributed by atoms with E-state index in [1.165, 1.54) is 0 Å². The van der Waals surface area contributed by atoms with Gasteiger partial charge in [-0.05, 0) is 12.1 Å². The molecule has 1 aromatic heterocycles. The maximum atomic E-state index is 5.80. The molecule has 0 amide bonds. The number of nitrogens with two attached hydrogens (primary N) is 1. The molecular formula is C16H16N4O. The fourth-order valence-electron chi connectivity index (χ4n) is 2.50. The Balaban J connectivity index is 2.19. The summed E-state index contributed by atoms with van der Waals surface area (Å²) >= 11 is 0. The van der Waals surface area contributed by atoms with Gasteiger partial charge in [-0.25, -0.2) is 5.43 Å². The lowest BCUT2D eigenvalue weighted by Crippen LogP contribution is -2.29. The highest BCUT2D eigenvalue weighted by atomic mass is 16.5. The van der Waals surface area contributed by atoms with Crippen molar-refractivity contribution in [1.29, 1.82) is 0 Å². The Bertz CT molecular complexity index is 755. The van der Waals surface area contributed by atoms with Gasteiger partial charge in [0.05, 0.1) is 24.2 Å². The highest BCUT2D eigenvalue weighted by molar-refractivity contribution is 5.78. The summed E-state index contributed by atoms with van der Waals surface area (Å²) in [4.78, 5) is 8.76. The van der Waals surface area contributed by atoms with Crippen molar-refractivity contribution in [3.8, 4) is 5.75 Å². The highest BCUT2D eigenvalue weighted by Gasteiger charge is 2.19. The van der Waals surface area contributed by atoms with E-state index in [-0.39, 0.29) is 6.04 Å². The Kier molecular flexibility index (Phi) is 3.77. The Labute approximate surface area is 122 Å². The summed E-state index contributed by atoms with van der Waals surface area (Å²) in [5.41, 5.74) is 6.44. The van der Waals surface area contributed by atoms with Crippen molar-refractivity contribution < 1.29 is 4.74 Å². The number of aromatic nitrogens is 2. The van der Waals surface area contributed by atoms with Crippen LogP contribution in [0.1, 0.15) is 17.2 Å². The molecule has 0 aliphatic rings. The molecule has 21 heavy (non-hydrogen) atoms. The summed E-state index contributed by atoms with van der Waals surface area (Å²) in [5, 5.41) is 0. The van der Waals surface area contributed by atoms with Gasteiger partial charge < -0.3 is 4.74 Å². The number of benzene rings is 2. The van der Waals surface area contributed by atoms with E-state index >= 15 is 0 Å².